The highest BCUT2D eigenvalue weighted by Crippen LogP contribution is 2.48. The molecule has 2 aromatic carbocycles. The highest BCUT2D eigenvalue weighted by molar-refractivity contribution is 7.85. The summed E-state index contributed by atoms with van der Waals surface area (Å²) in [6.07, 6.45) is 13.2. The zero-order valence-electron chi connectivity index (χ0n) is 30.0. The number of nitrogens with zero attached hydrogens (tertiary/aromatic N) is 2. The minimum absolute atomic E-state index is 0.0108. The summed E-state index contributed by atoms with van der Waals surface area (Å²) in [5.41, 5.74) is 5.88. The average Bonchev–Trinajstić information content (AvgIpc) is 3.40. The Bertz CT molecular complexity index is 1730. The van der Waals surface area contributed by atoms with Crippen molar-refractivity contribution in [3.63, 3.8) is 0 Å². The first-order valence-corrected chi connectivity index (χ1v) is 18.6. The molecule has 50 heavy (non-hydrogen) atoms. The lowest BCUT2D eigenvalue weighted by Crippen LogP contribution is -2.28. The first-order valence-electron chi connectivity index (χ1n) is 17.2. The molecule has 272 valence electrons. The van der Waals surface area contributed by atoms with Gasteiger partial charge < -0.3 is 24.5 Å². The van der Waals surface area contributed by atoms with Crippen LogP contribution < -0.4 is 16.1 Å². The molecule has 0 atom stereocenters. The summed E-state index contributed by atoms with van der Waals surface area (Å²) in [6.45, 7) is 11.8. The van der Waals surface area contributed by atoms with Crippen molar-refractivity contribution in [3.05, 3.63) is 89.7 Å². The van der Waals surface area contributed by atoms with E-state index in [0.717, 1.165) is 36.2 Å². The van der Waals surface area contributed by atoms with Gasteiger partial charge in [-0.2, -0.15) is 13.0 Å². The van der Waals surface area contributed by atoms with Crippen LogP contribution in [0.25, 0.3) is 0 Å². The molecule has 2 aromatic rings. The lowest BCUT2D eigenvalue weighted by molar-refractivity contribution is -0.401. The van der Waals surface area contributed by atoms with Gasteiger partial charge >= 0.3 is 0 Å². The summed E-state index contributed by atoms with van der Waals surface area (Å²) in [5.74, 6) is 4.93. The molecule has 0 spiro atoms. The van der Waals surface area contributed by atoms with Crippen LogP contribution in [-0.2, 0) is 40.1 Å². The molecule has 0 bridgehead atoms. The third-order valence-electron chi connectivity index (χ3n) is 9.40. The van der Waals surface area contributed by atoms with Crippen LogP contribution in [-0.4, -0.2) is 82.3 Å². The summed E-state index contributed by atoms with van der Waals surface area (Å²) in [7, 11) is -2.25. The van der Waals surface area contributed by atoms with Crippen LogP contribution in [0.2, 0.25) is 0 Å². The Morgan fingerprint density at radius 2 is 1.64 bits per heavy atom. The second-order valence-electron chi connectivity index (χ2n) is 13.6. The molecule has 0 unspecified atom stereocenters. The maximum Gasteiger partial charge on any atom is 0.294 e. The van der Waals surface area contributed by atoms with Crippen LogP contribution >= 0.6 is 0 Å². The minimum atomic E-state index is -4.35. The highest BCUT2D eigenvalue weighted by Gasteiger charge is 2.43. The van der Waals surface area contributed by atoms with Crippen LogP contribution in [0.4, 0.5) is 11.4 Å². The van der Waals surface area contributed by atoms with Crippen LogP contribution in [0.15, 0.2) is 83.4 Å². The predicted octanol–water partition coefficient (Wildman–Crippen LogP) is 5.33. The number of fused-ring (bicyclic) bond motifs is 2. The molecule has 2 aliphatic rings. The second kappa shape index (κ2) is 17.5. The molecule has 4 N–H and O–H groups in total. The molecule has 1 amide bonds. The molecule has 0 aliphatic carbocycles. The Hall–Kier alpha value is -3.65. The number of ether oxygens (including phenoxy) is 2. The summed E-state index contributed by atoms with van der Waals surface area (Å²) in [4.78, 5) is 18.9. The van der Waals surface area contributed by atoms with Crippen LogP contribution in [0, 0.1) is 0 Å². The topological polar surface area (TPSA) is 143 Å². The quantitative estimate of drug-likeness (QED) is 0.0580. The Morgan fingerprint density at radius 1 is 0.920 bits per heavy atom. The standard InChI is InChI=1S/C38H52N4O7S/c1-37(2)30-14-11-12-15-32(30)41(5)34(37)16-8-6-9-17-35-38(3,4)31-28-29(50(44,45)46)19-20-33(31)42(35)22-13-7-10-18-36(43)40-21-23-47-24-25-48-26-27-49-39/h6,8-9,11-12,14-17,19-20,28H,7,10,13,18,21-27,39H2,1-5H3,(H-,40,43,44,45,46)/p+1. The first-order chi connectivity index (χ1) is 23.8. The van der Waals surface area contributed by atoms with Crippen molar-refractivity contribution in [2.24, 2.45) is 5.90 Å². The number of carbonyl (C=O) groups is 1. The number of amides is 1. The molecular formula is C38H53N4O7S+. The Kier molecular flexibility index (Phi) is 13.7. The molecule has 0 fully saturated rings. The van der Waals surface area contributed by atoms with Gasteiger partial charge in [-0.25, -0.2) is 5.90 Å². The Labute approximate surface area is 297 Å². The van der Waals surface area contributed by atoms with Crippen molar-refractivity contribution in [1.82, 2.24) is 5.32 Å². The maximum absolute atomic E-state index is 12.3. The number of nitrogens with two attached hydrogens (primary N) is 1. The molecule has 0 saturated heterocycles. The minimum Gasteiger partial charge on any atom is -0.377 e. The number of anilines is 1. The SMILES string of the molecule is C[N+]1=C(C=CC=CC=C2N(CCCCCC(=O)NCCOCCOCCON)c3ccc(S(=O)(=O)O)cc3C2(C)C)C(C)(C)c2ccccc21. The number of hydrogen-bond acceptors (Lipinski definition) is 8. The van der Waals surface area contributed by atoms with Crippen molar-refractivity contribution < 1.29 is 36.7 Å². The van der Waals surface area contributed by atoms with E-state index in [-0.39, 0.29) is 16.2 Å². The predicted molar refractivity (Wildman–Crippen MR) is 197 cm³/mol. The van der Waals surface area contributed by atoms with Crippen LogP contribution in [0.1, 0.15) is 64.5 Å². The lowest BCUT2D eigenvalue weighted by Gasteiger charge is -2.27. The monoisotopic (exact) mass is 709 g/mol. The lowest BCUT2D eigenvalue weighted by atomic mass is 9.81. The van der Waals surface area contributed by atoms with Gasteiger partial charge in [0, 0.05) is 54.0 Å². The molecule has 4 rings (SSSR count). The summed E-state index contributed by atoms with van der Waals surface area (Å²) in [6, 6.07) is 13.3. The van der Waals surface area contributed by atoms with Gasteiger partial charge in [-0.3, -0.25) is 9.35 Å². The third kappa shape index (κ3) is 9.56. The van der Waals surface area contributed by atoms with Gasteiger partial charge in [0.2, 0.25) is 11.6 Å². The van der Waals surface area contributed by atoms with E-state index in [1.165, 1.54) is 23.0 Å². The van der Waals surface area contributed by atoms with Gasteiger partial charge in [-0.1, -0.05) is 56.7 Å². The number of para-hydroxylation sites is 1. The molecule has 2 heterocycles. The zero-order chi connectivity index (χ0) is 36.4. The molecule has 0 aromatic heterocycles. The van der Waals surface area contributed by atoms with Gasteiger partial charge in [0.1, 0.15) is 7.05 Å². The van der Waals surface area contributed by atoms with E-state index in [1.807, 2.05) is 12.2 Å². The average molecular weight is 710 g/mol. The normalized spacial score (nSPS) is 17.3. The van der Waals surface area contributed by atoms with Crippen LogP contribution in [0.5, 0.6) is 0 Å². The van der Waals surface area contributed by atoms with E-state index in [1.54, 1.807) is 12.1 Å². The number of carbonyl (C=O) groups excluding carboxylic acids is 1. The summed E-state index contributed by atoms with van der Waals surface area (Å²) >= 11 is 0. The van der Waals surface area contributed by atoms with Crippen molar-refractivity contribution in [3.8, 4) is 0 Å². The summed E-state index contributed by atoms with van der Waals surface area (Å²) < 4.78 is 46.7. The fraction of sp³-hybridized carbons (Fsp3) is 0.474. The fourth-order valence-corrected chi connectivity index (χ4v) is 7.23. The third-order valence-corrected chi connectivity index (χ3v) is 10.3. The van der Waals surface area contributed by atoms with Gasteiger partial charge in [0.05, 0.1) is 43.3 Å². The Morgan fingerprint density at radius 3 is 2.36 bits per heavy atom. The van der Waals surface area contributed by atoms with Crippen molar-refractivity contribution in [2.45, 2.75) is 69.1 Å². The number of nitrogens with one attached hydrogen (secondary N) is 1. The Balaban J connectivity index is 1.36. The number of unbranched alkanes of at least 4 members (excludes halogenated alkanes) is 2. The van der Waals surface area contributed by atoms with Gasteiger partial charge in [0.15, 0.2) is 5.71 Å². The second-order valence-corrected chi connectivity index (χ2v) is 15.0. The molecule has 12 heteroatoms. The highest BCUT2D eigenvalue weighted by atomic mass is 32.2. The number of hydrogen-bond donors (Lipinski definition) is 3. The van der Waals surface area contributed by atoms with Gasteiger partial charge in [-0.15, -0.1) is 0 Å². The molecular weight excluding hydrogens is 657 g/mol. The van der Waals surface area contributed by atoms with Crippen LogP contribution in [0.3, 0.4) is 0 Å². The van der Waals surface area contributed by atoms with E-state index in [4.69, 9.17) is 15.4 Å². The largest absolute Gasteiger partial charge is 0.377 e. The maximum atomic E-state index is 12.3. The molecule has 11 nitrogen and oxygen atoms in total. The van der Waals surface area contributed by atoms with E-state index in [2.05, 4.69) is 96.9 Å². The number of allylic oxidation sites excluding steroid dienone is 6. The van der Waals surface area contributed by atoms with Crippen molar-refractivity contribution >= 4 is 33.1 Å². The van der Waals surface area contributed by atoms with E-state index >= 15 is 0 Å². The summed E-state index contributed by atoms with van der Waals surface area (Å²) in [5, 5.41) is 2.89. The smallest absolute Gasteiger partial charge is 0.294 e. The molecule has 0 saturated carbocycles. The zero-order valence-corrected chi connectivity index (χ0v) is 30.8. The fourth-order valence-electron chi connectivity index (χ4n) is 6.73. The van der Waals surface area contributed by atoms with Gasteiger partial charge in [-0.05, 0) is 56.5 Å². The van der Waals surface area contributed by atoms with E-state index < -0.39 is 15.5 Å². The number of benzene rings is 2. The molecule has 0 radical (unpaired) electrons. The van der Waals surface area contributed by atoms with Crippen molar-refractivity contribution in [1.29, 1.82) is 0 Å². The molecule has 2 aliphatic heterocycles. The van der Waals surface area contributed by atoms with Crippen molar-refractivity contribution in [2.75, 3.05) is 58.1 Å². The first kappa shape index (κ1) is 39.1. The van der Waals surface area contributed by atoms with Gasteiger partial charge in [0.25, 0.3) is 10.1 Å². The van der Waals surface area contributed by atoms with E-state index in [9.17, 15) is 17.8 Å². The van der Waals surface area contributed by atoms with E-state index in [0.29, 0.717) is 52.5 Å². The number of rotatable bonds is 19.